The van der Waals surface area contributed by atoms with Crippen LogP contribution in [0.15, 0.2) is 84.9 Å². The molecule has 0 spiro atoms. The fourth-order valence-electron chi connectivity index (χ4n) is 6.57. The number of amides is 1. The maximum absolute atomic E-state index is 15.8. The van der Waals surface area contributed by atoms with Crippen LogP contribution in [0.4, 0.5) is 10.1 Å². The molecule has 4 aromatic carbocycles. The Hall–Kier alpha value is -4.16. The van der Waals surface area contributed by atoms with E-state index in [0.717, 1.165) is 52.7 Å². The minimum Gasteiger partial charge on any atom is -0.489 e. The van der Waals surface area contributed by atoms with E-state index in [-0.39, 0.29) is 18.3 Å². The summed E-state index contributed by atoms with van der Waals surface area (Å²) in [5, 5.41) is 0.661. The van der Waals surface area contributed by atoms with E-state index in [4.69, 9.17) is 21.3 Å². The predicted octanol–water partition coefficient (Wildman–Crippen LogP) is 9.37. The molecule has 2 heterocycles. The van der Waals surface area contributed by atoms with Crippen molar-refractivity contribution in [2.24, 2.45) is 0 Å². The molecule has 2 aliphatic rings. The molecule has 0 N–H and O–H groups in total. The van der Waals surface area contributed by atoms with Crippen LogP contribution >= 0.6 is 11.6 Å². The monoisotopic (exact) mass is 593 g/mol. The second-order valence-electron chi connectivity index (χ2n) is 11.5. The fourth-order valence-corrected chi connectivity index (χ4v) is 6.70. The minimum atomic E-state index is -0.362. The Kier molecular flexibility index (Phi) is 7.62. The molecule has 0 radical (unpaired) electrons. The first kappa shape index (κ1) is 27.7. The number of para-hydroxylation sites is 2. The van der Waals surface area contributed by atoms with Crippen LogP contribution in [0.2, 0.25) is 5.02 Å². The number of carbonyl (C=O) groups excluding carboxylic acids is 1. The van der Waals surface area contributed by atoms with Crippen LogP contribution in [0.3, 0.4) is 0 Å². The van der Waals surface area contributed by atoms with Gasteiger partial charge in [0.25, 0.3) is 0 Å². The number of hydrogen-bond donors (Lipinski definition) is 0. The maximum atomic E-state index is 15.8. The summed E-state index contributed by atoms with van der Waals surface area (Å²) in [5.41, 5.74) is 6.13. The highest BCUT2D eigenvalue weighted by Gasteiger charge is 2.25. The third kappa shape index (κ3) is 5.52. The van der Waals surface area contributed by atoms with Gasteiger partial charge in [-0.05, 0) is 84.5 Å². The van der Waals surface area contributed by atoms with Crippen LogP contribution in [-0.4, -0.2) is 22.0 Å². The number of anilines is 1. The lowest BCUT2D eigenvalue weighted by atomic mass is 9.95. The summed E-state index contributed by atoms with van der Waals surface area (Å²) >= 11 is 6.15. The SMILES string of the molecule is O=C1CCCN1c1ccc(-c2ccc(Cl)cc2)c(COc2ccc(-c3nc4ccccc4n3C3CCCCC3)c(F)c2)c1. The standard InChI is InChI=1S/C36H33ClFN3O2/c37-26-14-12-24(13-15-26)30-18-16-28(40-20-6-11-35(40)42)21-25(30)23-43-29-17-19-31(32(38)22-29)36-39-33-9-4-5-10-34(33)41(36)27-7-2-1-3-8-27/h4-5,9-10,12-19,21-22,27H,1-3,6-8,11,20,23H2. The molecule has 7 rings (SSSR count). The highest BCUT2D eigenvalue weighted by atomic mass is 35.5. The van der Waals surface area contributed by atoms with Gasteiger partial charge < -0.3 is 14.2 Å². The van der Waals surface area contributed by atoms with Crippen molar-refractivity contribution in [3.05, 3.63) is 101 Å². The van der Waals surface area contributed by atoms with Gasteiger partial charge in [-0.2, -0.15) is 0 Å². The molecular weight excluding hydrogens is 561 g/mol. The normalized spacial score (nSPS) is 15.9. The van der Waals surface area contributed by atoms with Crippen molar-refractivity contribution in [3.8, 4) is 28.3 Å². The molecule has 1 aliphatic heterocycles. The van der Waals surface area contributed by atoms with Gasteiger partial charge in [0, 0.05) is 35.8 Å². The number of halogens is 2. The van der Waals surface area contributed by atoms with Crippen LogP contribution in [-0.2, 0) is 11.4 Å². The lowest BCUT2D eigenvalue weighted by molar-refractivity contribution is -0.117. The quantitative estimate of drug-likeness (QED) is 0.189. The molecule has 5 aromatic rings. The van der Waals surface area contributed by atoms with Gasteiger partial charge in [0.05, 0.1) is 16.6 Å². The number of fused-ring (bicyclic) bond motifs is 1. The number of imidazole rings is 1. The second-order valence-corrected chi connectivity index (χ2v) is 11.9. The third-order valence-corrected chi connectivity index (χ3v) is 8.99. The van der Waals surface area contributed by atoms with Gasteiger partial charge in [-0.3, -0.25) is 4.79 Å². The van der Waals surface area contributed by atoms with Gasteiger partial charge in [-0.25, -0.2) is 9.37 Å². The molecule has 1 saturated heterocycles. The minimum absolute atomic E-state index is 0.128. The molecule has 7 heteroatoms. The zero-order chi connectivity index (χ0) is 29.3. The highest BCUT2D eigenvalue weighted by Crippen LogP contribution is 2.38. The molecule has 43 heavy (non-hydrogen) atoms. The fraction of sp³-hybridized carbons (Fsp3) is 0.278. The highest BCUT2D eigenvalue weighted by molar-refractivity contribution is 6.30. The Morgan fingerprint density at radius 2 is 1.67 bits per heavy atom. The molecular formula is C36H33ClFN3O2. The van der Waals surface area contributed by atoms with Crippen LogP contribution in [0.25, 0.3) is 33.5 Å². The molecule has 0 bridgehead atoms. The van der Waals surface area contributed by atoms with Gasteiger partial charge in [0.15, 0.2) is 0 Å². The molecule has 0 atom stereocenters. The number of ether oxygens (including phenoxy) is 1. The Labute approximate surface area is 255 Å². The van der Waals surface area contributed by atoms with Gasteiger partial charge in [0.1, 0.15) is 24.0 Å². The van der Waals surface area contributed by atoms with E-state index >= 15 is 4.39 Å². The summed E-state index contributed by atoms with van der Waals surface area (Å²) in [6.07, 6.45) is 7.17. The van der Waals surface area contributed by atoms with Crippen LogP contribution in [0, 0.1) is 5.82 Å². The summed E-state index contributed by atoms with van der Waals surface area (Å²) < 4.78 is 24.3. The number of hydrogen-bond acceptors (Lipinski definition) is 3. The van der Waals surface area contributed by atoms with E-state index in [1.54, 1.807) is 6.07 Å². The van der Waals surface area contributed by atoms with Crippen molar-refractivity contribution < 1.29 is 13.9 Å². The first-order chi connectivity index (χ1) is 21.0. The van der Waals surface area contributed by atoms with E-state index in [1.165, 1.54) is 25.3 Å². The molecule has 1 aliphatic carbocycles. The molecule has 1 saturated carbocycles. The summed E-state index contributed by atoms with van der Waals surface area (Å²) in [6.45, 7) is 0.922. The van der Waals surface area contributed by atoms with Crippen molar-refractivity contribution in [1.29, 1.82) is 0 Å². The molecule has 2 fully saturated rings. The lowest BCUT2D eigenvalue weighted by Crippen LogP contribution is -2.23. The summed E-state index contributed by atoms with van der Waals surface area (Å²) in [6, 6.07) is 27.1. The van der Waals surface area contributed by atoms with Gasteiger partial charge in [0.2, 0.25) is 5.91 Å². The molecule has 1 amide bonds. The van der Waals surface area contributed by atoms with Crippen molar-refractivity contribution >= 4 is 34.2 Å². The van der Waals surface area contributed by atoms with Gasteiger partial charge in [-0.15, -0.1) is 0 Å². The summed E-state index contributed by atoms with van der Waals surface area (Å²) in [4.78, 5) is 19.2. The van der Waals surface area contributed by atoms with E-state index < -0.39 is 0 Å². The Morgan fingerprint density at radius 3 is 2.44 bits per heavy atom. The predicted molar refractivity (Wildman–Crippen MR) is 170 cm³/mol. The third-order valence-electron chi connectivity index (χ3n) is 8.74. The average molecular weight is 594 g/mol. The van der Waals surface area contributed by atoms with E-state index in [9.17, 15) is 4.79 Å². The molecule has 0 unspecified atom stereocenters. The van der Waals surface area contributed by atoms with Gasteiger partial charge >= 0.3 is 0 Å². The molecule has 1 aromatic heterocycles. The van der Waals surface area contributed by atoms with E-state index in [1.807, 2.05) is 71.6 Å². The summed E-state index contributed by atoms with van der Waals surface area (Å²) in [5.74, 6) is 0.874. The van der Waals surface area contributed by atoms with Crippen LogP contribution in [0.5, 0.6) is 5.75 Å². The average Bonchev–Trinajstić information content (AvgIpc) is 3.64. The Morgan fingerprint density at radius 1 is 0.884 bits per heavy atom. The Balaban J connectivity index is 1.19. The number of nitrogens with zero attached hydrogens (tertiary/aromatic N) is 3. The number of benzene rings is 4. The van der Waals surface area contributed by atoms with Crippen LogP contribution < -0.4 is 9.64 Å². The molecule has 5 nitrogen and oxygen atoms in total. The van der Waals surface area contributed by atoms with E-state index in [2.05, 4.69) is 10.6 Å². The van der Waals surface area contributed by atoms with Crippen molar-refractivity contribution in [3.63, 3.8) is 0 Å². The smallest absolute Gasteiger partial charge is 0.227 e. The zero-order valence-corrected chi connectivity index (χ0v) is 24.7. The largest absolute Gasteiger partial charge is 0.489 e. The van der Waals surface area contributed by atoms with Crippen molar-refractivity contribution in [2.45, 2.75) is 57.6 Å². The first-order valence-electron chi connectivity index (χ1n) is 15.1. The van der Waals surface area contributed by atoms with Crippen molar-refractivity contribution in [2.75, 3.05) is 11.4 Å². The Bertz CT molecular complexity index is 1790. The van der Waals surface area contributed by atoms with Crippen LogP contribution in [0.1, 0.15) is 56.6 Å². The molecule has 218 valence electrons. The second kappa shape index (κ2) is 11.8. The number of rotatable bonds is 7. The van der Waals surface area contributed by atoms with Gasteiger partial charge in [-0.1, -0.05) is 61.2 Å². The lowest BCUT2D eigenvalue weighted by Gasteiger charge is -2.25. The van der Waals surface area contributed by atoms with E-state index in [0.29, 0.717) is 41.2 Å². The topological polar surface area (TPSA) is 47.4 Å². The summed E-state index contributed by atoms with van der Waals surface area (Å²) in [7, 11) is 0. The maximum Gasteiger partial charge on any atom is 0.227 e. The number of aromatic nitrogens is 2. The zero-order valence-electron chi connectivity index (χ0n) is 23.9. The van der Waals surface area contributed by atoms with Crippen molar-refractivity contribution in [1.82, 2.24) is 9.55 Å². The first-order valence-corrected chi connectivity index (χ1v) is 15.5. The number of carbonyl (C=O) groups is 1.